The van der Waals surface area contributed by atoms with E-state index in [1.807, 2.05) is 0 Å². The molecule has 14 heteroatoms. The number of aliphatic carboxylic acids is 1. The van der Waals surface area contributed by atoms with Gasteiger partial charge in [-0.3, -0.25) is 20.2 Å². The summed E-state index contributed by atoms with van der Waals surface area (Å²) in [5.41, 5.74) is 11.7. The highest BCUT2D eigenvalue weighted by atomic mass is 32.2. The predicted octanol–water partition coefficient (Wildman–Crippen LogP) is -1.28. The first-order valence-corrected chi connectivity index (χ1v) is 11.5. The molecular weight excluding hydrogens is 488 g/mol. The molecule has 0 saturated carbocycles. The maximum absolute atomic E-state index is 13.0. The largest absolute Gasteiger partial charge is 0.477 e. The monoisotopic (exact) mass is 509 g/mol. The molecule has 0 spiro atoms. The molecule has 2 aromatic rings. The summed E-state index contributed by atoms with van der Waals surface area (Å²) in [6.07, 6.45) is 8.21. The normalized spacial score (nSPS) is 19.1. The van der Waals surface area contributed by atoms with Crippen molar-refractivity contribution in [3.8, 4) is 12.3 Å². The van der Waals surface area contributed by atoms with Crippen LogP contribution in [-0.2, 0) is 25.8 Å². The average molecular weight is 510 g/mol. The van der Waals surface area contributed by atoms with Crippen LogP contribution in [0.5, 0.6) is 0 Å². The number of thioether (sulfide) groups is 1. The summed E-state index contributed by atoms with van der Waals surface area (Å²) in [4.78, 5) is 52.1. The van der Waals surface area contributed by atoms with Gasteiger partial charge in [-0.2, -0.15) is 0 Å². The molecule has 1 unspecified atom stereocenters. The number of amides is 2. The number of fused-ring (bicyclic) bond motifs is 1. The fourth-order valence-corrected chi connectivity index (χ4v) is 4.99. The van der Waals surface area contributed by atoms with Crippen LogP contribution in [0, 0.1) is 12.3 Å². The quantitative estimate of drug-likeness (QED) is 0.0833. The number of nitrogens with two attached hydrogens (primary N) is 2. The van der Waals surface area contributed by atoms with Crippen molar-refractivity contribution in [3.05, 3.63) is 53.8 Å². The van der Waals surface area contributed by atoms with E-state index in [0.717, 1.165) is 0 Å². The molecule has 36 heavy (non-hydrogen) atoms. The van der Waals surface area contributed by atoms with E-state index in [9.17, 15) is 19.5 Å². The summed E-state index contributed by atoms with van der Waals surface area (Å²) in [6, 6.07) is 5.64. The van der Waals surface area contributed by atoms with Crippen molar-refractivity contribution < 1.29 is 28.9 Å². The number of rotatable bonds is 8. The molecule has 1 fully saturated rings. The summed E-state index contributed by atoms with van der Waals surface area (Å²) in [5.74, 6) is 0.292. The minimum Gasteiger partial charge on any atom is -0.477 e. The van der Waals surface area contributed by atoms with Crippen LogP contribution in [0.2, 0.25) is 0 Å². The van der Waals surface area contributed by atoms with E-state index >= 15 is 0 Å². The van der Waals surface area contributed by atoms with Crippen molar-refractivity contribution in [2.24, 2.45) is 5.16 Å². The molecule has 2 amide bonds. The number of carbonyl (C=O) groups is 3. The molecule has 1 saturated heterocycles. The van der Waals surface area contributed by atoms with E-state index < -0.39 is 29.2 Å². The van der Waals surface area contributed by atoms with Gasteiger partial charge in [0.25, 0.3) is 17.6 Å². The van der Waals surface area contributed by atoms with Gasteiger partial charge in [0.15, 0.2) is 12.4 Å². The Bertz CT molecular complexity index is 1340. The molecule has 0 bridgehead atoms. The van der Waals surface area contributed by atoms with Crippen LogP contribution in [0.15, 0.2) is 53.1 Å². The fraction of sp³-hybridized carbons (Fsp3) is 0.227. The van der Waals surface area contributed by atoms with Gasteiger partial charge in [-0.1, -0.05) is 17.1 Å². The van der Waals surface area contributed by atoms with Crippen LogP contribution in [0.4, 0.5) is 11.6 Å². The van der Waals surface area contributed by atoms with Crippen LogP contribution in [0.25, 0.3) is 0 Å². The van der Waals surface area contributed by atoms with Crippen molar-refractivity contribution in [2.75, 3.05) is 23.8 Å². The lowest BCUT2D eigenvalue weighted by molar-refractivity contribution is -0.674. The van der Waals surface area contributed by atoms with Gasteiger partial charge in [0, 0.05) is 23.6 Å². The first-order valence-electron chi connectivity index (χ1n) is 10.5. The lowest BCUT2D eigenvalue weighted by atomic mass is 10.0. The Labute approximate surface area is 209 Å². The SMILES string of the molecule is C#CCON=C(C(=O)NC1C(=O)N2C(C(=O)O)=C(C[n+]3ccccc3N)CS[C@@H]12)c1nccc(N)n1. The number of anilines is 2. The first kappa shape index (κ1) is 24.5. The molecule has 4 rings (SSSR count). The molecule has 4 heterocycles. The third-order valence-electron chi connectivity index (χ3n) is 5.28. The Morgan fingerprint density at radius 2 is 2.19 bits per heavy atom. The molecule has 13 nitrogen and oxygen atoms in total. The lowest BCUT2D eigenvalue weighted by Gasteiger charge is -2.49. The van der Waals surface area contributed by atoms with Gasteiger partial charge in [-0.05, 0) is 12.1 Å². The van der Waals surface area contributed by atoms with Crippen molar-refractivity contribution >= 4 is 46.9 Å². The molecule has 0 aliphatic carbocycles. The van der Waals surface area contributed by atoms with Gasteiger partial charge in [-0.15, -0.1) is 18.2 Å². The topological polar surface area (TPSA) is 190 Å². The summed E-state index contributed by atoms with van der Waals surface area (Å²) in [7, 11) is 0. The van der Waals surface area contributed by atoms with Gasteiger partial charge in [0.05, 0.1) is 6.20 Å². The number of nitrogens with one attached hydrogen (secondary N) is 1. The second kappa shape index (κ2) is 10.3. The zero-order chi connectivity index (χ0) is 25.8. The Morgan fingerprint density at radius 3 is 2.89 bits per heavy atom. The number of carboxylic acid groups (broad SMARTS) is 1. The van der Waals surface area contributed by atoms with Crippen LogP contribution in [0.3, 0.4) is 0 Å². The van der Waals surface area contributed by atoms with Gasteiger partial charge in [0.1, 0.15) is 29.5 Å². The van der Waals surface area contributed by atoms with E-state index in [2.05, 4.69) is 26.4 Å². The zero-order valence-electron chi connectivity index (χ0n) is 18.7. The third-order valence-corrected chi connectivity index (χ3v) is 6.62. The Kier molecular flexibility index (Phi) is 7.02. The number of carboxylic acids is 1. The van der Waals surface area contributed by atoms with E-state index in [4.69, 9.17) is 22.7 Å². The van der Waals surface area contributed by atoms with Crippen molar-refractivity contribution in [1.82, 2.24) is 20.2 Å². The number of pyridine rings is 1. The summed E-state index contributed by atoms with van der Waals surface area (Å²) in [5, 5.41) is 15.5. The highest BCUT2D eigenvalue weighted by Crippen LogP contribution is 2.40. The molecule has 2 aliphatic heterocycles. The summed E-state index contributed by atoms with van der Waals surface area (Å²) >= 11 is 1.32. The molecular formula is C22H21N8O5S+. The van der Waals surface area contributed by atoms with Gasteiger partial charge in [-0.25, -0.2) is 19.3 Å². The maximum atomic E-state index is 13.0. The zero-order valence-corrected chi connectivity index (χ0v) is 19.5. The second-order valence-corrected chi connectivity index (χ2v) is 8.70. The summed E-state index contributed by atoms with van der Waals surface area (Å²) in [6.45, 7) is -0.0158. The minimum atomic E-state index is -1.25. The number of hydrogen-bond donors (Lipinski definition) is 4. The van der Waals surface area contributed by atoms with Crippen LogP contribution in [-0.4, -0.2) is 67.2 Å². The van der Waals surface area contributed by atoms with E-state index in [-0.39, 0.29) is 36.2 Å². The number of hydrogen-bond acceptors (Lipinski definition) is 10. The number of nitrogen functional groups attached to an aromatic ring is 2. The van der Waals surface area contributed by atoms with E-state index in [1.54, 1.807) is 29.0 Å². The highest BCUT2D eigenvalue weighted by molar-refractivity contribution is 8.00. The van der Waals surface area contributed by atoms with E-state index in [1.165, 1.54) is 28.9 Å². The number of oxime groups is 1. The first-order chi connectivity index (χ1) is 17.3. The average Bonchev–Trinajstić information content (AvgIpc) is 2.86. The molecule has 6 N–H and O–H groups in total. The number of β-lactam (4-membered cyclic amide) rings is 1. The predicted molar refractivity (Wildman–Crippen MR) is 129 cm³/mol. The van der Waals surface area contributed by atoms with Crippen molar-refractivity contribution in [2.45, 2.75) is 18.0 Å². The van der Waals surface area contributed by atoms with Gasteiger partial charge < -0.3 is 21.0 Å². The van der Waals surface area contributed by atoms with Crippen molar-refractivity contribution in [3.63, 3.8) is 0 Å². The number of aromatic nitrogens is 3. The maximum Gasteiger partial charge on any atom is 0.352 e. The van der Waals surface area contributed by atoms with Crippen molar-refractivity contribution in [1.29, 1.82) is 0 Å². The molecule has 2 atom stereocenters. The molecule has 0 radical (unpaired) electrons. The lowest BCUT2D eigenvalue weighted by Crippen LogP contribution is -2.71. The van der Waals surface area contributed by atoms with Crippen LogP contribution in [0.1, 0.15) is 5.82 Å². The van der Waals surface area contributed by atoms with Gasteiger partial charge >= 0.3 is 5.97 Å². The molecule has 2 aromatic heterocycles. The second-order valence-electron chi connectivity index (χ2n) is 7.59. The smallest absolute Gasteiger partial charge is 0.352 e. The summed E-state index contributed by atoms with van der Waals surface area (Å²) < 4.78 is 1.69. The molecule has 184 valence electrons. The number of carbonyl (C=O) groups excluding carboxylic acids is 2. The standard InChI is InChI=1S/C22H20N8O5S/c1-2-9-35-28-15(18-25-7-6-13(23)26-18)19(31)27-16-20(32)30-17(22(33)34)12(11-36-21(16)30)10-29-8-4-3-5-14(29)24/h1,3-8,16,21,24H,9-11H2,(H4,23,25,26,27,31,33,34)/p+1/t16?,21-/m0/s1. The third kappa shape index (κ3) is 4.77. The van der Waals surface area contributed by atoms with Crippen LogP contribution < -0.4 is 21.4 Å². The Balaban J connectivity index is 1.55. The molecule has 2 aliphatic rings. The van der Waals surface area contributed by atoms with Gasteiger partial charge in [0.2, 0.25) is 5.71 Å². The minimum absolute atomic E-state index is 0.0897. The Morgan fingerprint density at radius 1 is 1.39 bits per heavy atom. The number of nitrogens with zero attached hydrogens (tertiary/aromatic N) is 5. The highest BCUT2D eigenvalue weighted by Gasteiger charge is 2.54. The van der Waals surface area contributed by atoms with E-state index in [0.29, 0.717) is 17.1 Å². The Hall–Kier alpha value is -4.64. The molecule has 0 aromatic carbocycles. The fourth-order valence-electron chi connectivity index (χ4n) is 3.66. The number of terminal acetylenes is 1. The van der Waals surface area contributed by atoms with Crippen LogP contribution >= 0.6 is 11.8 Å².